The van der Waals surface area contributed by atoms with Crippen LogP contribution in [0.4, 0.5) is 5.69 Å². The lowest BCUT2D eigenvalue weighted by molar-refractivity contribution is 0.616. The molecule has 0 unspecified atom stereocenters. The molecule has 0 amide bonds. The summed E-state index contributed by atoms with van der Waals surface area (Å²) in [5, 5.41) is 3.58. The molecule has 1 heterocycles. The SMILES string of the molecule is O=Nc1coc2ccccc12. The van der Waals surface area contributed by atoms with Crippen LogP contribution in [0.25, 0.3) is 11.0 Å². The van der Waals surface area contributed by atoms with Crippen LogP contribution in [0.15, 0.2) is 40.1 Å². The first kappa shape index (κ1) is 6.09. The third-order valence-electron chi connectivity index (χ3n) is 1.56. The number of furan rings is 1. The molecular formula is C8H5NO2. The van der Waals surface area contributed by atoms with Crippen molar-refractivity contribution in [3.63, 3.8) is 0 Å². The maximum Gasteiger partial charge on any atom is 0.153 e. The lowest BCUT2D eigenvalue weighted by Crippen LogP contribution is -1.60. The van der Waals surface area contributed by atoms with Gasteiger partial charge in [-0.05, 0) is 17.3 Å². The average molecular weight is 147 g/mol. The Morgan fingerprint density at radius 1 is 1.27 bits per heavy atom. The van der Waals surface area contributed by atoms with Crippen molar-refractivity contribution < 1.29 is 4.42 Å². The summed E-state index contributed by atoms with van der Waals surface area (Å²) >= 11 is 0. The van der Waals surface area contributed by atoms with E-state index in [2.05, 4.69) is 5.18 Å². The molecule has 0 saturated heterocycles. The Kier molecular flexibility index (Phi) is 1.22. The molecular weight excluding hydrogens is 142 g/mol. The molecule has 0 aliphatic carbocycles. The molecule has 54 valence electrons. The summed E-state index contributed by atoms with van der Waals surface area (Å²) in [6.45, 7) is 0. The molecule has 0 N–H and O–H groups in total. The van der Waals surface area contributed by atoms with Gasteiger partial charge in [-0.1, -0.05) is 12.1 Å². The third-order valence-corrected chi connectivity index (χ3v) is 1.56. The molecule has 2 aromatic rings. The summed E-state index contributed by atoms with van der Waals surface area (Å²) in [5.41, 5.74) is 1.06. The molecule has 11 heavy (non-hydrogen) atoms. The molecule has 3 heteroatoms. The number of hydrogen-bond donors (Lipinski definition) is 0. The van der Waals surface area contributed by atoms with Crippen molar-refractivity contribution in [3.05, 3.63) is 35.4 Å². The number of benzene rings is 1. The van der Waals surface area contributed by atoms with E-state index in [1.165, 1.54) is 6.26 Å². The molecule has 0 saturated carbocycles. The Hall–Kier alpha value is -1.64. The minimum Gasteiger partial charge on any atom is -0.462 e. The van der Waals surface area contributed by atoms with E-state index in [9.17, 15) is 4.91 Å². The summed E-state index contributed by atoms with van der Waals surface area (Å²) in [6, 6.07) is 7.28. The first-order chi connectivity index (χ1) is 5.42. The van der Waals surface area contributed by atoms with Gasteiger partial charge in [-0.25, -0.2) is 0 Å². The van der Waals surface area contributed by atoms with Gasteiger partial charge in [-0.15, -0.1) is 4.91 Å². The van der Waals surface area contributed by atoms with Gasteiger partial charge in [0.1, 0.15) is 11.8 Å². The molecule has 0 fully saturated rings. The fraction of sp³-hybridized carbons (Fsp3) is 0. The Labute approximate surface area is 62.6 Å². The molecule has 3 nitrogen and oxygen atoms in total. The van der Waals surface area contributed by atoms with Crippen LogP contribution in [-0.2, 0) is 0 Å². The van der Waals surface area contributed by atoms with E-state index < -0.39 is 0 Å². The van der Waals surface area contributed by atoms with Crippen LogP contribution >= 0.6 is 0 Å². The maximum atomic E-state index is 10.2. The van der Waals surface area contributed by atoms with Crippen LogP contribution in [0, 0.1) is 4.91 Å². The number of nitroso groups, excluding NO2 is 1. The fourth-order valence-electron chi connectivity index (χ4n) is 1.03. The van der Waals surface area contributed by atoms with Crippen LogP contribution in [0.5, 0.6) is 0 Å². The van der Waals surface area contributed by atoms with Crippen molar-refractivity contribution in [1.82, 2.24) is 0 Å². The van der Waals surface area contributed by atoms with Gasteiger partial charge in [0.25, 0.3) is 0 Å². The quantitative estimate of drug-likeness (QED) is 0.582. The van der Waals surface area contributed by atoms with Gasteiger partial charge in [0.15, 0.2) is 5.69 Å². The van der Waals surface area contributed by atoms with Crippen molar-refractivity contribution in [3.8, 4) is 0 Å². The molecule has 1 aromatic heterocycles. The monoisotopic (exact) mass is 147 g/mol. The van der Waals surface area contributed by atoms with Gasteiger partial charge in [0.05, 0.1) is 0 Å². The van der Waals surface area contributed by atoms with Crippen LogP contribution < -0.4 is 0 Å². The number of hydrogen-bond acceptors (Lipinski definition) is 3. The van der Waals surface area contributed by atoms with Crippen molar-refractivity contribution in [2.75, 3.05) is 0 Å². The number of para-hydroxylation sites is 1. The van der Waals surface area contributed by atoms with E-state index >= 15 is 0 Å². The minimum absolute atomic E-state index is 0.362. The van der Waals surface area contributed by atoms with Crippen molar-refractivity contribution in [2.24, 2.45) is 5.18 Å². The number of fused-ring (bicyclic) bond motifs is 1. The molecule has 0 aliphatic heterocycles. The zero-order valence-electron chi connectivity index (χ0n) is 5.65. The van der Waals surface area contributed by atoms with Crippen LogP contribution in [0.2, 0.25) is 0 Å². The Morgan fingerprint density at radius 3 is 2.91 bits per heavy atom. The number of rotatable bonds is 1. The smallest absolute Gasteiger partial charge is 0.153 e. The lowest BCUT2D eigenvalue weighted by atomic mass is 10.2. The number of nitrogens with zero attached hydrogens (tertiary/aromatic N) is 1. The summed E-state index contributed by atoms with van der Waals surface area (Å²) in [6.07, 6.45) is 1.36. The van der Waals surface area contributed by atoms with E-state index in [-0.39, 0.29) is 0 Å². The molecule has 2 rings (SSSR count). The highest BCUT2D eigenvalue weighted by Gasteiger charge is 2.02. The van der Waals surface area contributed by atoms with E-state index in [4.69, 9.17) is 4.42 Å². The summed E-state index contributed by atoms with van der Waals surface area (Å²) in [4.78, 5) is 10.2. The van der Waals surface area contributed by atoms with E-state index in [0.717, 1.165) is 5.39 Å². The van der Waals surface area contributed by atoms with Gasteiger partial charge >= 0.3 is 0 Å². The van der Waals surface area contributed by atoms with Gasteiger partial charge in [-0.2, -0.15) is 0 Å². The molecule has 0 spiro atoms. The predicted molar refractivity (Wildman–Crippen MR) is 41.7 cm³/mol. The second kappa shape index (κ2) is 2.20. The second-order valence-electron chi connectivity index (χ2n) is 2.21. The lowest BCUT2D eigenvalue weighted by Gasteiger charge is -1.83. The van der Waals surface area contributed by atoms with Gasteiger partial charge in [0, 0.05) is 5.39 Å². The highest BCUT2D eigenvalue weighted by molar-refractivity contribution is 5.88. The van der Waals surface area contributed by atoms with E-state index in [1.807, 2.05) is 12.1 Å². The van der Waals surface area contributed by atoms with Crippen LogP contribution in [-0.4, -0.2) is 0 Å². The van der Waals surface area contributed by atoms with Gasteiger partial charge in [0.2, 0.25) is 0 Å². The topological polar surface area (TPSA) is 42.6 Å². The van der Waals surface area contributed by atoms with Crippen LogP contribution in [0.3, 0.4) is 0 Å². The molecule has 0 atom stereocenters. The molecule has 0 radical (unpaired) electrons. The van der Waals surface area contributed by atoms with E-state index in [0.29, 0.717) is 11.3 Å². The Balaban J connectivity index is 2.86. The molecule has 1 aromatic carbocycles. The van der Waals surface area contributed by atoms with Crippen LogP contribution in [0.1, 0.15) is 0 Å². The highest BCUT2D eigenvalue weighted by atomic mass is 16.3. The predicted octanol–water partition coefficient (Wildman–Crippen LogP) is 2.83. The Morgan fingerprint density at radius 2 is 2.09 bits per heavy atom. The summed E-state index contributed by atoms with van der Waals surface area (Å²) in [7, 11) is 0. The zero-order chi connectivity index (χ0) is 7.68. The summed E-state index contributed by atoms with van der Waals surface area (Å²) < 4.78 is 5.05. The molecule has 0 aliphatic rings. The van der Waals surface area contributed by atoms with E-state index in [1.54, 1.807) is 12.1 Å². The van der Waals surface area contributed by atoms with Crippen molar-refractivity contribution >= 4 is 16.7 Å². The zero-order valence-corrected chi connectivity index (χ0v) is 5.65. The highest BCUT2D eigenvalue weighted by Crippen LogP contribution is 2.26. The first-order valence-corrected chi connectivity index (χ1v) is 3.21. The van der Waals surface area contributed by atoms with Crippen molar-refractivity contribution in [2.45, 2.75) is 0 Å². The van der Waals surface area contributed by atoms with Gasteiger partial charge in [-0.3, -0.25) is 0 Å². The third kappa shape index (κ3) is 0.816. The van der Waals surface area contributed by atoms with Crippen molar-refractivity contribution in [1.29, 1.82) is 0 Å². The average Bonchev–Trinajstić information content (AvgIpc) is 2.47. The first-order valence-electron chi connectivity index (χ1n) is 3.21. The molecule has 0 bridgehead atoms. The largest absolute Gasteiger partial charge is 0.462 e. The summed E-state index contributed by atoms with van der Waals surface area (Å²) in [5.74, 6) is 0. The Bertz CT molecular complexity index is 392. The second-order valence-corrected chi connectivity index (χ2v) is 2.21. The fourth-order valence-corrected chi connectivity index (χ4v) is 1.03. The standard InChI is InChI=1S/C8H5NO2/c10-9-7-5-11-8-4-2-1-3-6(7)8/h1-5H. The van der Waals surface area contributed by atoms with Gasteiger partial charge < -0.3 is 4.42 Å². The normalized spacial score (nSPS) is 10.2. The maximum absolute atomic E-state index is 10.2. The minimum atomic E-state index is 0.362.